The third-order valence-corrected chi connectivity index (χ3v) is 5.18. The first-order valence-electron chi connectivity index (χ1n) is 6.14. The molecule has 0 aromatic heterocycles. The van der Waals surface area contributed by atoms with Gasteiger partial charge in [-0.25, -0.2) is 0 Å². The molecule has 0 fully saturated rings. The van der Waals surface area contributed by atoms with Gasteiger partial charge in [0.1, 0.15) is 7.85 Å². The fraction of sp³-hybridized carbons (Fsp3) is 0.846. The standard InChI is InChI=1S/C13H26BClS/c1-8(7-14)11(15)12(16)9(2)10(3)13(4,5)6/h8-9,11-12,16H,3,7,14H2,1-2,4-6H3. The molecule has 0 bridgehead atoms. The molecule has 3 heteroatoms. The second-order valence-corrected chi connectivity index (χ2v) is 6.98. The maximum absolute atomic E-state index is 6.45. The number of hydrogen-bond acceptors (Lipinski definition) is 1. The lowest BCUT2D eigenvalue weighted by atomic mass is 9.77. The summed E-state index contributed by atoms with van der Waals surface area (Å²) in [6.45, 7) is 15.2. The van der Waals surface area contributed by atoms with Crippen molar-refractivity contribution in [2.45, 2.75) is 51.6 Å². The van der Waals surface area contributed by atoms with Crippen LogP contribution in [0.15, 0.2) is 12.2 Å². The Hall–Kier alpha value is 0.445. The fourth-order valence-corrected chi connectivity index (χ4v) is 2.60. The first-order valence-corrected chi connectivity index (χ1v) is 7.09. The van der Waals surface area contributed by atoms with Crippen molar-refractivity contribution in [3.05, 3.63) is 12.2 Å². The van der Waals surface area contributed by atoms with Gasteiger partial charge in [0.15, 0.2) is 0 Å². The highest BCUT2D eigenvalue weighted by Crippen LogP contribution is 2.36. The normalized spacial score (nSPS) is 19.9. The Morgan fingerprint density at radius 2 is 1.81 bits per heavy atom. The third-order valence-electron chi connectivity index (χ3n) is 3.54. The van der Waals surface area contributed by atoms with Crippen molar-refractivity contribution in [3.8, 4) is 0 Å². The summed E-state index contributed by atoms with van der Waals surface area (Å²) >= 11 is 11.1. The second kappa shape index (κ2) is 6.40. The van der Waals surface area contributed by atoms with E-state index in [-0.39, 0.29) is 16.0 Å². The Bertz CT molecular complexity index is 235. The number of halogens is 1. The number of thiol groups is 1. The Labute approximate surface area is 113 Å². The molecule has 0 rings (SSSR count). The van der Waals surface area contributed by atoms with Crippen LogP contribution >= 0.6 is 24.2 Å². The number of rotatable bonds is 5. The number of allylic oxidation sites excluding steroid dienone is 1. The van der Waals surface area contributed by atoms with Crippen LogP contribution in [0.3, 0.4) is 0 Å². The van der Waals surface area contributed by atoms with Crippen LogP contribution in [0.5, 0.6) is 0 Å². The van der Waals surface area contributed by atoms with E-state index in [1.54, 1.807) is 0 Å². The Morgan fingerprint density at radius 1 is 1.38 bits per heavy atom. The van der Waals surface area contributed by atoms with Gasteiger partial charge in [-0.05, 0) is 17.3 Å². The zero-order valence-electron chi connectivity index (χ0n) is 11.5. The first-order chi connectivity index (χ1) is 7.12. The minimum absolute atomic E-state index is 0.113. The topological polar surface area (TPSA) is 0 Å². The molecule has 0 aliphatic carbocycles. The van der Waals surface area contributed by atoms with Crippen molar-refractivity contribution in [2.24, 2.45) is 17.3 Å². The SMILES string of the molecule is BCC(C)C(Cl)C(S)C(C)C(=C)C(C)(C)C. The van der Waals surface area contributed by atoms with Gasteiger partial charge in [-0.15, -0.1) is 11.6 Å². The third kappa shape index (κ3) is 4.37. The van der Waals surface area contributed by atoms with E-state index in [0.29, 0.717) is 11.8 Å². The van der Waals surface area contributed by atoms with Crippen molar-refractivity contribution in [1.82, 2.24) is 0 Å². The van der Waals surface area contributed by atoms with Crippen LogP contribution in [0.4, 0.5) is 0 Å². The van der Waals surface area contributed by atoms with Gasteiger partial charge < -0.3 is 0 Å². The van der Waals surface area contributed by atoms with Crippen molar-refractivity contribution in [3.63, 3.8) is 0 Å². The zero-order valence-corrected chi connectivity index (χ0v) is 13.2. The Morgan fingerprint density at radius 3 is 2.12 bits per heavy atom. The molecule has 0 aliphatic heterocycles. The predicted octanol–water partition coefficient (Wildman–Crippen LogP) is 3.82. The fourth-order valence-electron chi connectivity index (χ4n) is 1.73. The molecular formula is C13H26BClS. The van der Waals surface area contributed by atoms with E-state index in [9.17, 15) is 0 Å². The molecule has 0 amide bonds. The maximum Gasteiger partial charge on any atom is 0.101 e. The molecule has 0 aromatic carbocycles. The highest BCUT2D eigenvalue weighted by Gasteiger charge is 2.30. The molecule has 94 valence electrons. The van der Waals surface area contributed by atoms with Gasteiger partial charge in [-0.1, -0.05) is 53.1 Å². The van der Waals surface area contributed by atoms with Crippen LogP contribution in [0, 0.1) is 17.3 Å². The van der Waals surface area contributed by atoms with E-state index in [4.69, 9.17) is 24.2 Å². The van der Waals surface area contributed by atoms with Gasteiger partial charge in [0, 0.05) is 10.6 Å². The summed E-state index contributed by atoms with van der Waals surface area (Å²) in [5.74, 6) is 0.846. The molecule has 16 heavy (non-hydrogen) atoms. The summed E-state index contributed by atoms with van der Waals surface area (Å²) in [7, 11) is 2.17. The molecule has 0 spiro atoms. The van der Waals surface area contributed by atoms with Crippen molar-refractivity contribution in [1.29, 1.82) is 0 Å². The van der Waals surface area contributed by atoms with Gasteiger partial charge >= 0.3 is 0 Å². The largest absolute Gasteiger partial charge is 0.174 e. The van der Waals surface area contributed by atoms with Crippen molar-refractivity contribution < 1.29 is 0 Å². The molecule has 0 saturated heterocycles. The lowest BCUT2D eigenvalue weighted by molar-refractivity contribution is 0.412. The molecule has 0 heterocycles. The van der Waals surface area contributed by atoms with Crippen molar-refractivity contribution >= 4 is 32.1 Å². The predicted molar refractivity (Wildman–Crippen MR) is 82.7 cm³/mol. The average Bonchev–Trinajstić information content (AvgIpc) is 2.22. The van der Waals surface area contributed by atoms with E-state index in [2.05, 4.69) is 49.0 Å². The second-order valence-electron chi connectivity index (χ2n) is 5.88. The van der Waals surface area contributed by atoms with Crippen LogP contribution in [0.2, 0.25) is 6.32 Å². The average molecular weight is 261 g/mol. The van der Waals surface area contributed by atoms with Crippen molar-refractivity contribution in [2.75, 3.05) is 0 Å². The van der Waals surface area contributed by atoms with Crippen LogP contribution in [-0.4, -0.2) is 18.5 Å². The molecule has 0 saturated carbocycles. The van der Waals surface area contributed by atoms with E-state index in [0.717, 1.165) is 6.32 Å². The Kier molecular flexibility index (Phi) is 6.57. The molecular weight excluding hydrogens is 234 g/mol. The monoisotopic (exact) mass is 260 g/mol. The molecule has 0 radical (unpaired) electrons. The van der Waals surface area contributed by atoms with Gasteiger partial charge in [0.2, 0.25) is 0 Å². The van der Waals surface area contributed by atoms with Crippen LogP contribution in [0.1, 0.15) is 34.6 Å². The number of hydrogen-bond donors (Lipinski definition) is 1. The van der Waals surface area contributed by atoms with Crippen LogP contribution in [0.25, 0.3) is 0 Å². The lowest BCUT2D eigenvalue weighted by Crippen LogP contribution is -2.32. The summed E-state index contributed by atoms with van der Waals surface area (Å²) in [6.07, 6.45) is 1.10. The molecule has 0 N–H and O–H groups in total. The molecule has 0 nitrogen and oxygen atoms in total. The smallest absolute Gasteiger partial charge is 0.101 e. The Balaban J connectivity index is 4.61. The van der Waals surface area contributed by atoms with Gasteiger partial charge in [0.25, 0.3) is 0 Å². The summed E-state index contributed by atoms with van der Waals surface area (Å²) in [4.78, 5) is 0. The molecule has 4 unspecified atom stereocenters. The van der Waals surface area contributed by atoms with Gasteiger partial charge in [0.05, 0.1) is 0 Å². The minimum atomic E-state index is 0.113. The molecule has 4 atom stereocenters. The van der Waals surface area contributed by atoms with Gasteiger partial charge in [-0.2, -0.15) is 12.6 Å². The first kappa shape index (κ1) is 16.4. The van der Waals surface area contributed by atoms with E-state index in [1.807, 2.05) is 0 Å². The quantitative estimate of drug-likeness (QED) is 0.330. The van der Waals surface area contributed by atoms with Crippen LogP contribution in [-0.2, 0) is 0 Å². The summed E-state index contributed by atoms with van der Waals surface area (Å²) in [6, 6.07) is 0. The minimum Gasteiger partial charge on any atom is -0.174 e. The number of alkyl halides is 1. The summed E-state index contributed by atoms with van der Waals surface area (Å²) < 4.78 is 0. The molecule has 0 aromatic rings. The summed E-state index contributed by atoms with van der Waals surface area (Å²) in [5, 5.41) is 0.297. The van der Waals surface area contributed by atoms with E-state index < -0.39 is 0 Å². The van der Waals surface area contributed by atoms with E-state index in [1.165, 1.54) is 5.57 Å². The maximum atomic E-state index is 6.45. The highest BCUT2D eigenvalue weighted by atomic mass is 35.5. The zero-order chi connectivity index (χ0) is 13.1. The van der Waals surface area contributed by atoms with E-state index >= 15 is 0 Å². The lowest BCUT2D eigenvalue weighted by Gasteiger charge is -2.34. The van der Waals surface area contributed by atoms with Crippen LogP contribution < -0.4 is 0 Å². The highest BCUT2D eigenvalue weighted by molar-refractivity contribution is 7.81. The van der Waals surface area contributed by atoms with Gasteiger partial charge in [-0.3, -0.25) is 0 Å². The molecule has 0 aliphatic rings. The summed E-state index contributed by atoms with van der Waals surface area (Å²) in [5.41, 5.74) is 1.37.